The second kappa shape index (κ2) is 8.45. The minimum atomic E-state index is 0.109. The molecule has 1 aromatic carbocycles. The van der Waals surface area contributed by atoms with Crippen LogP contribution in [-0.2, 0) is 18.0 Å². The van der Waals surface area contributed by atoms with Gasteiger partial charge in [0.2, 0.25) is 0 Å². The summed E-state index contributed by atoms with van der Waals surface area (Å²) in [6, 6.07) is 11.9. The minimum Gasteiger partial charge on any atom is -0.367 e. The van der Waals surface area contributed by atoms with Gasteiger partial charge in [-0.15, -0.1) is 0 Å². The van der Waals surface area contributed by atoms with Crippen molar-refractivity contribution in [1.82, 2.24) is 15.0 Å². The Morgan fingerprint density at radius 1 is 1.19 bits per heavy atom. The molecule has 1 saturated heterocycles. The molecule has 0 saturated carbocycles. The molecule has 0 radical (unpaired) electrons. The molecule has 27 heavy (non-hydrogen) atoms. The van der Waals surface area contributed by atoms with Crippen LogP contribution in [0.3, 0.4) is 0 Å². The summed E-state index contributed by atoms with van der Waals surface area (Å²) in [6.45, 7) is 2.25. The van der Waals surface area contributed by atoms with Crippen molar-refractivity contribution in [3.05, 3.63) is 70.0 Å². The van der Waals surface area contributed by atoms with E-state index in [4.69, 9.17) is 9.26 Å². The van der Waals surface area contributed by atoms with E-state index in [1.54, 1.807) is 11.3 Å². The first-order chi connectivity index (χ1) is 13.3. The molecule has 0 spiro atoms. The van der Waals surface area contributed by atoms with Crippen LogP contribution in [0.1, 0.15) is 46.4 Å². The molecule has 2 aromatic heterocycles. The van der Waals surface area contributed by atoms with E-state index < -0.39 is 0 Å². The van der Waals surface area contributed by atoms with Crippen LogP contribution in [0.4, 0.5) is 0 Å². The maximum absolute atomic E-state index is 12.4. The number of likely N-dealkylation sites (tertiary alicyclic amines) is 1. The van der Waals surface area contributed by atoms with Gasteiger partial charge >= 0.3 is 0 Å². The van der Waals surface area contributed by atoms with Crippen molar-refractivity contribution in [2.45, 2.75) is 32.0 Å². The third-order valence-electron chi connectivity index (χ3n) is 4.74. The fourth-order valence-corrected chi connectivity index (χ4v) is 3.86. The lowest BCUT2D eigenvalue weighted by molar-refractivity contribution is 0.0711. The van der Waals surface area contributed by atoms with Gasteiger partial charge in [-0.05, 0) is 29.9 Å². The van der Waals surface area contributed by atoms with Crippen molar-refractivity contribution in [1.29, 1.82) is 0 Å². The lowest BCUT2D eigenvalue weighted by atomic mass is 9.96. The highest BCUT2D eigenvalue weighted by atomic mass is 32.1. The van der Waals surface area contributed by atoms with Crippen LogP contribution in [0.25, 0.3) is 0 Å². The number of carbonyl (C=O) groups excluding carboxylic acids is 1. The predicted octanol–water partition coefficient (Wildman–Crippen LogP) is 3.87. The molecule has 1 aliphatic rings. The summed E-state index contributed by atoms with van der Waals surface area (Å²) in [5.41, 5.74) is 1.88. The first-order valence-corrected chi connectivity index (χ1v) is 9.99. The highest BCUT2D eigenvalue weighted by molar-refractivity contribution is 7.08. The van der Waals surface area contributed by atoms with E-state index in [1.165, 1.54) is 0 Å². The Hall–Kier alpha value is -2.51. The lowest BCUT2D eigenvalue weighted by Gasteiger charge is -2.30. The monoisotopic (exact) mass is 383 g/mol. The van der Waals surface area contributed by atoms with Gasteiger partial charge < -0.3 is 14.2 Å². The number of aromatic nitrogens is 2. The van der Waals surface area contributed by atoms with Crippen molar-refractivity contribution < 1.29 is 14.1 Å². The number of benzene rings is 1. The van der Waals surface area contributed by atoms with Gasteiger partial charge in [0.1, 0.15) is 6.61 Å². The molecule has 3 aromatic rings. The second-order valence-corrected chi connectivity index (χ2v) is 7.38. The third kappa shape index (κ3) is 4.43. The van der Waals surface area contributed by atoms with E-state index in [-0.39, 0.29) is 11.8 Å². The van der Waals surface area contributed by atoms with Crippen LogP contribution in [0.5, 0.6) is 0 Å². The predicted molar refractivity (Wildman–Crippen MR) is 101 cm³/mol. The summed E-state index contributed by atoms with van der Waals surface area (Å²) in [4.78, 5) is 18.8. The molecule has 0 atom stereocenters. The molecule has 3 heterocycles. The average Bonchev–Trinajstić information content (AvgIpc) is 3.41. The van der Waals surface area contributed by atoms with Gasteiger partial charge in [0.25, 0.3) is 11.8 Å². The Labute approximate surface area is 161 Å². The van der Waals surface area contributed by atoms with Crippen molar-refractivity contribution in [3.63, 3.8) is 0 Å². The smallest absolute Gasteiger partial charge is 0.254 e. The standard InChI is InChI=1S/C20H21N3O3S/c24-20(17-8-11-27-14-17)23-9-6-16(7-10-23)19-21-18(26-22-19)13-25-12-15-4-2-1-3-5-15/h1-5,8,11,14,16H,6-7,9-10,12-13H2. The quantitative estimate of drug-likeness (QED) is 0.646. The zero-order valence-electron chi connectivity index (χ0n) is 14.9. The topological polar surface area (TPSA) is 68.5 Å². The second-order valence-electron chi connectivity index (χ2n) is 6.60. The Kier molecular flexibility index (Phi) is 5.60. The number of piperidine rings is 1. The number of carbonyl (C=O) groups is 1. The summed E-state index contributed by atoms with van der Waals surface area (Å²) in [5, 5.41) is 7.95. The minimum absolute atomic E-state index is 0.109. The number of nitrogens with zero attached hydrogens (tertiary/aromatic N) is 3. The van der Waals surface area contributed by atoms with Crippen LogP contribution < -0.4 is 0 Å². The van der Waals surface area contributed by atoms with Gasteiger partial charge in [-0.3, -0.25) is 4.79 Å². The number of hydrogen-bond donors (Lipinski definition) is 0. The number of ether oxygens (including phenoxy) is 1. The molecule has 0 unspecified atom stereocenters. The van der Waals surface area contributed by atoms with Crippen molar-refractivity contribution in [2.24, 2.45) is 0 Å². The first kappa shape index (κ1) is 17.9. The molecule has 6 nitrogen and oxygen atoms in total. The van der Waals surface area contributed by atoms with Crippen LogP contribution in [-0.4, -0.2) is 34.0 Å². The molecule has 1 aliphatic heterocycles. The summed E-state index contributed by atoms with van der Waals surface area (Å²) in [5.74, 6) is 1.55. The fourth-order valence-electron chi connectivity index (χ4n) is 3.23. The maximum atomic E-state index is 12.4. The Morgan fingerprint density at radius 2 is 2.00 bits per heavy atom. The molecule has 1 amide bonds. The molecule has 4 rings (SSSR count). The van der Waals surface area contributed by atoms with E-state index in [2.05, 4.69) is 10.1 Å². The Morgan fingerprint density at radius 3 is 2.74 bits per heavy atom. The number of amides is 1. The normalized spacial score (nSPS) is 15.2. The first-order valence-electron chi connectivity index (χ1n) is 9.05. The molecular weight excluding hydrogens is 362 g/mol. The van der Waals surface area contributed by atoms with Crippen LogP contribution in [0.2, 0.25) is 0 Å². The van der Waals surface area contributed by atoms with Gasteiger partial charge in [0.05, 0.1) is 12.2 Å². The highest BCUT2D eigenvalue weighted by Crippen LogP contribution is 2.27. The van der Waals surface area contributed by atoms with E-state index >= 15 is 0 Å². The summed E-state index contributed by atoms with van der Waals surface area (Å²) in [6.07, 6.45) is 1.69. The molecule has 0 aliphatic carbocycles. The van der Waals surface area contributed by atoms with Crippen molar-refractivity contribution in [3.8, 4) is 0 Å². The lowest BCUT2D eigenvalue weighted by Crippen LogP contribution is -2.37. The Bertz CT molecular complexity index is 856. The van der Waals surface area contributed by atoms with Crippen LogP contribution in [0.15, 0.2) is 51.7 Å². The van der Waals surface area contributed by atoms with E-state index in [9.17, 15) is 4.79 Å². The number of thiophene rings is 1. The summed E-state index contributed by atoms with van der Waals surface area (Å²) in [7, 11) is 0. The van der Waals surface area contributed by atoms with E-state index in [0.29, 0.717) is 32.2 Å². The van der Waals surface area contributed by atoms with E-state index in [0.717, 1.165) is 29.8 Å². The van der Waals surface area contributed by atoms with Gasteiger partial charge in [-0.2, -0.15) is 16.3 Å². The summed E-state index contributed by atoms with van der Waals surface area (Å²) >= 11 is 1.55. The fraction of sp³-hybridized carbons (Fsp3) is 0.350. The average molecular weight is 383 g/mol. The zero-order chi connectivity index (χ0) is 18.5. The maximum Gasteiger partial charge on any atom is 0.254 e. The van der Waals surface area contributed by atoms with E-state index in [1.807, 2.05) is 52.1 Å². The molecule has 140 valence electrons. The van der Waals surface area contributed by atoms with Crippen LogP contribution in [0, 0.1) is 0 Å². The molecular formula is C20H21N3O3S. The largest absolute Gasteiger partial charge is 0.367 e. The molecule has 7 heteroatoms. The van der Waals surface area contributed by atoms with Gasteiger partial charge in [-0.25, -0.2) is 0 Å². The Balaban J connectivity index is 1.26. The summed E-state index contributed by atoms with van der Waals surface area (Å²) < 4.78 is 11.0. The molecule has 1 fully saturated rings. The zero-order valence-corrected chi connectivity index (χ0v) is 15.7. The van der Waals surface area contributed by atoms with Crippen molar-refractivity contribution in [2.75, 3.05) is 13.1 Å². The highest BCUT2D eigenvalue weighted by Gasteiger charge is 2.27. The molecule has 0 bridgehead atoms. The SMILES string of the molecule is O=C(c1ccsc1)N1CCC(c2noc(COCc3ccccc3)n2)CC1. The van der Waals surface area contributed by atoms with Crippen molar-refractivity contribution >= 4 is 17.2 Å². The third-order valence-corrected chi connectivity index (χ3v) is 5.42. The van der Waals surface area contributed by atoms with Gasteiger partial charge in [0.15, 0.2) is 5.82 Å². The van der Waals surface area contributed by atoms with Crippen LogP contribution >= 0.6 is 11.3 Å². The van der Waals surface area contributed by atoms with Gasteiger partial charge in [-0.1, -0.05) is 35.5 Å². The number of rotatable bonds is 6. The van der Waals surface area contributed by atoms with Gasteiger partial charge in [0, 0.05) is 24.4 Å². The molecule has 0 N–H and O–H groups in total. The number of hydrogen-bond acceptors (Lipinski definition) is 6.